The molecule has 1 atom stereocenters. The summed E-state index contributed by atoms with van der Waals surface area (Å²) in [5, 5.41) is 5.23. The van der Waals surface area contributed by atoms with Crippen LogP contribution in [0.3, 0.4) is 0 Å². The average molecular weight is 393 g/mol. The monoisotopic (exact) mass is 392 g/mol. The molecule has 1 fully saturated rings. The number of oxime groups is 1. The Morgan fingerprint density at radius 1 is 1.19 bits per heavy atom. The van der Waals surface area contributed by atoms with Crippen molar-refractivity contribution in [2.75, 3.05) is 20.1 Å². The Kier molecular flexibility index (Phi) is 6.78. The van der Waals surface area contributed by atoms with Gasteiger partial charge < -0.3 is 14.5 Å². The fraction of sp³-hybridized carbons (Fsp3) is 0.350. The molecular weight excluding hydrogens is 371 g/mol. The van der Waals surface area contributed by atoms with E-state index in [4.69, 9.17) is 32.8 Å². The molecule has 2 aromatic rings. The molecule has 1 saturated heterocycles. The Morgan fingerprint density at radius 3 is 2.85 bits per heavy atom. The fourth-order valence-corrected chi connectivity index (χ4v) is 3.21. The van der Waals surface area contributed by atoms with Gasteiger partial charge in [0.05, 0.1) is 16.3 Å². The number of likely N-dealkylation sites (tertiary alicyclic amines) is 1. The molecular formula is C20H22Cl2N2O2. The van der Waals surface area contributed by atoms with Crippen LogP contribution in [0.1, 0.15) is 24.0 Å². The highest BCUT2D eigenvalue weighted by atomic mass is 35.5. The maximum atomic E-state index is 6.05. The van der Waals surface area contributed by atoms with Crippen molar-refractivity contribution >= 4 is 29.4 Å². The van der Waals surface area contributed by atoms with Crippen LogP contribution in [-0.2, 0) is 11.4 Å². The molecule has 0 radical (unpaired) electrons. The normalized spacial score (nSPS) is 18.2. The first kappa shape index (κ1) is 19.0. The van der Waals surface area contributed by atoms with Gasteiger partial charge in [0.1, 0.15) is 18.5 Å². The molecule has 0 bridgehead atoms. The first-order valence-corrected chi connectivity index (χ1v) is 9.41. The topological polar surface area (TPSA) is 34.1 Å². The molecule has 0 amide bonds. The van der Waals surface area contributed by atoms with Crippen molar-refractivity contribution in [1.82, 2.24) is 4.90 Å². The lowest BCUT2D eigenvalue weighted by atomic mass is 10.1. The van der Waals surface area contributed by atoms with Crippen molar-refractivity contribution in [3.8, 4) is 5.75 Å². The summed E-state index contributed by atoms with van der Waals surface area (Å²) in [6.07, 6.45) is 4.03. The third-order valence-corrected chi connectivity index (χ3v) is 5.02. The Hall–Kier alpha value is -1.75. The van der Waals surface area contributed by atoms with E-state index in [-0.39, 0.29) is 6.10 Å². The Morgan fingerprint density at radius 2 is 2.04 bits per heavy atom. The van der Waals surface area contributed by atoms with Crippen molar-refractivity contribution in [3.05, 3.63) is 63.6 Å². The predicted octanol–water partition coefficient (Wildman–Crippen LogP) is 5.02. The van der Waals surface area contributed by atoms with Crippen molar-refractivity contribution < 1.29 is 9.57 Å². The fourth-order valence-electron chi connectivity index (χ4n) is 2.89. The number of hydrogen-bond acceptors (Lipinski definition) is 4. The lowest BCUT2D eigenvalue weighted by Crippen LogP contribution is -2.36. The third kappa shape index (κ3) is 5.37. The number of piperidine rings is 1. The van der Waals surface area contributed by atoms with Crippen LogP contribution in [-0.4, -0.2) is 37.4 Å². The summed E-state index contributed by atoms with van der Waals surface area (Å²) in [5.74, 6) is 0.742. The highest BCUT2D eigenvalue weighted by molar-refractivity contribution is 6.42. The van der Waals surface area contributed by atoms with Gasteiger partial charge in [-0.2, -0.15) is 0 Å². The summed E-state index contributed by atoms with van der Waals surface area (Å²) in [6.45, 7) is 2.43. The van der Waals surface area contributed by atoms with E-state index in [1.807, 2.05) is 36.4 Å². The molecule has 4 nitrogen and oxygen atoms in total. The van der Waals surface area contributed by atoms with Crippen LogP contribution in [0, 0.1) is 0 Å². The van der Waals surface area contributed by atoms with E-state index in [9.17, 15) is 0 Å². The van der Waals surface area contributed by atoms with Crippen LogP contribution in [0.2, 0.25) is 10.0 Å². The van der Waals surface area contributed by atoms with Gasteiger partial charge in [0, 0.05) is 12.1 Å². The highest BCUT2D eigenvalue weighted by Gasteiger charge is 2.18. The summed E-state index contributed by atoms with van der Waals surface area (Å²) in [5.41, 5.74) is 1.82. The maximum absolute atomic E-state index is 6.05. The summed E-state index contributed by atoms with van der Waals surface area (Å²) >= 11 is 12.0. The zero-order valence-electron chi connectivity index (χ0n) is 14.7. The number of benzene rings is 2. The van der Waals surface area contributed by atoms with Gasteiger partial charge in [-0.1, -0.05) is 46.6 Å². The SMILES string of the molecule is CN1CCCC(ON=Cc2ccccc2OCc2ccc(Cl)c(Cl)c2)C1. The Labute approximate surface area is 164 Å². The number of para-hydroxylation sites is 1. The molecule has 1 heterocycles. The molecule has 1 aliphatic rings. The average Bonchev–Trinajstić information content (AvgIpc) is 2.64. The molecule has 0 saturated carbocycles. The third-order valence-electron chi connectivity index (χ3n) is 4.28. The molecule has 2 aromatic carbocycles. The highest BCUT2D eigenvalue weighted by Crippen LogP contribution is 2.24. The minimum absolute atomic E-state index is 0.147. The van der Waals surface area contributed by atoms with Crippen LogP contribution >= 0.6 is 23.2 Å². The van der Waals surface area contributed by atoms with Crippen molar-refractivity contribution in [3.63, 3.8) is 0 Å². The molecule has 0 N–H and O–H groups in total. The number of likely N-dealkylation sites (N-methyl/N-ethyl adjacent to an activating group) is 1. The van der Waals surface area contributed by atoms with Gasteiger partial charge in [0.15, 0.2) is 0 Å². The van der Waals surface area contributed by atoms with Gasteiger partial charge in [-0.25, -0.2) is 0 Å². The zero-order valence-corrected chi connectivity index (χ0v) is 16.2. The second kappa shape index (κ2) is 9.26. The molecule has 0 aliphatic carbocycles. The van der Waals surface area contributed by atoms with E-state index in [1.165, 1.54) is 0 Å². The second-order valence-electron chi connectivity index (χ2n) is 6.44. The standard InChI is InChI=1S/C20H22Cl2N2O2/c1-24-10-4-6-17(13-24)26-23-12-16-5-2-3-7-20(16)25-14-15-8-9-18(21)19(22)11-15/h2-3,5,7-9,11-12,17H,4,6,10,13-14H2,1H3. The first-order chi connectivity index (χ1) is 12.6. The summed E-state index contributed by atoms with van der Waals surface area (Å²) in [7, 11) is 2.10. The van der Waals surface area contributed by atoms with Gasteiger partial charge in [-0.05, 0) is 56.3 Å². The van der Waals surface area contributed by atoms with E-state index in [0.29, 0.717) is 16.7 Å². The van der Waals surface area contributed by atoms with E-state index in [1.54, 1.807) is 12.3 Å². The van der Waals surface area contributed by atoms with Crippen LogP contribution in [0.25, 0.3) is 0 Å². The molecule has 138 valence electrons. The quantitative estimate of drug-likeness (QED) is 0.511. The van der Waals surface area contributed by atoms with Crippen LogP contribution in [0.4, 0.5) is 0 Å². The minimum Gasteiger partial charge on any atom is -0.488 e. The second-order valence-corrected chi connectivity index (χ2v) is 7.26. The number of hydrogen-bond donors (Lipinski definition) is 0. The van der Waals surface area contributed by atoms with E-state index in [2.05, 4.69) is 17.1 Å². The number of nitrogens with zero attached hydrogens (tertiary/aromatic N) is 2. The lowest BCUT2D eigenvalue weighted by molar-refractivity contribution is 0.0107. The van der Waals surface area contributed by atoms with E-state index < -0.39 is 0 Å². The van der Waals surface area contributed by atoms with Gasteiger partial charge in [-0.15, -0.1) is 0 Å². The molecule has 3 rings (SSSR count). The summed E-state index contributed by atoms with van der Waals surface area (Å²) < 4.78 is 5.92. The van der Waals surface area contributed by atoms with Crippen molar-refractivity contribution in [1.29, 1.82) is 0 Å². The Bertz CT molecular complexity index is 767. The number of halogens is 2. The first-order valence-electron chi connectivity index (χ1n) is 8.65. The molecule has 0 aromatic heterocycles. The van der Waals surface area contributed by atoms with Crippen molar-refractivity contribution in [2.45, 2.75) is 25.6 Å². The summed E-state index contributed by atoms with van der Waals surface area (Å²) in [6, 6.07) is 13.2. The minimum atomic E-state index is 0.147. The largest absolute Gasteiger partial charge is 0.488 e. The Balaban J connectivity index is 1.60. The molecule has 6 heteroatoms. The maximum Gasteiger partial charge on any atom is 0.140 e. The van der Waals surface area contributed by atoms with Gasteiger partial charge in [-0.3, -0.25) is 0 Å². The molecule has 1 unspecified atom stereocenters. The molecule has 0 spiro atoms. The van der Waals surface area contributed by atoms with Crippen LogP contribution in [0.15, 0.2) is 47.6 Å². The number of ether oxygens (including phenoxy) is 1. The van der Waals surface area contributed by atoms with Crippen molar-refractivity contribution in [2.24, 2.45) is 5.16 Å². The van der Waals surface area contributed by atoms with Gasteiger partial charge in [0.25, 0.3) is 0 Å². The molecule has 26 heavy (non-hydrogen) atoms. The van der Waals surface area contributed by atoms with Gasteiger partial charge >= 0.3 is 0 Å². The van der Waals surface area contributed by atoms with Crippen LogP contribution in [0.5, 0.6) is 5.75 Å². The smallest absolute Gasteiger partial charge is 0.140 e. The van der Waals surface area contributed by atoms with Crippen LogP contribution < -0.4 is 4.74 Å². The van der Waals surface area contributed by atoms with E-state index >= 15 is 0 Å². The number of rotatable bonds is 6. The van der Waals surface area contributed by atoms with Gasteiger partial charge in [0.2, 0.25) is 0 Å². The summed E-state index contributed by atoms with van der Waals surface area (Å²) in [4.78, 5) is 7.91. The molecule has 1 aliphatic heterocycles. The lowest BCUT2D eigenvalue weighted by Gasteiger charge is -2.27. The van der Waals surface area contributed by atoms with E-state index in [0.717, 1.165) is 42.8 Å². The zero-order chi connectivity index (χ0) is 18.4. The predicted molar refractivity (Wildman–Crippen MR) is 106 cm³/mol.